The zero-order valence-corrected chi connectivity index (χ0v) is 17.2. The molecular weight excluding hydrogens is 422 g/mol. The molecule has 29 heavy (non-hydrogen) atoms. The van der Waals surface area contributed by atoms with Crippen molar-refractivity contribution in [3.8, 4) is 0 Å². The molecule has 0 unspecified atom stereocenters. The number of benzene rings is 1. The van der Waals surface area contributed by atoms with Crippen LogP contribution in [0.1, 0.15) is 22.3 Å². The van der Waals surface area contributed by atoms with Gasteiger partial charge in [0.1, 0.15) is 0 Å². The monoisotopic (exact) mass is 444 g/mol. The van der Waals surface area contributed by atoms with Crippen molar-refractivity contribution in [3.63, 3.8) is 0 Å². The molecule has 1 amide bonds. The average Bonchev–Trinajstić information content (AvgIpc) is 2.60. The van der Waals surface area contributed by atoms with Crippen LogP contribution in [0.15, 0.2) is 11.0 Å². The number of hydrogen-bond donors (Lipinski definition) is 0. The van der Waals surface area contributed by atoms with Crippen molar-refractivity contribution in [2.75, 3.05) is 26.2 Å². The van der Waals surface area contributed by atoms with E-state index in [0.29, 0.717) is 0 Å². The predicted octanol–water partition coefficient (Wildman–Crippen LogP) is 5.17. The summed E-state index contributed by atoms with van der Waals surface area (Å²) in [6, 6.07) is 2.08. The number of piperazine rings is 1. The number of carbonyl (C=O) groups is 1. The number of alkyl halides is 6. The van der Waals surface area contributed by atoms with E-state index in [4.69, 9.17) is 0 Å². The molecule has 1 fully saturated rings. The van der Waals surface area contributed by atoms with E-state index in [9.17, 15) is 31.1 Å². The first kappa shape index (κ1) is 23.7. The van der Waals surface area contributed by atoms with Crippen LogP contribution in [0.25, 0.3) is 0 Å². The summed E-state index contributed by atoms with van der Waals surface area (Å²) >= 11 is 1.48. The standard InChI is InChI=1S/C18H22F6N2O2S/c1-10-9-11(2)13(4)14(12(10)3)29-26-7-5-25(6-8-26)16(27)28-15(17(19,20)21)18(22,23)24/h9,15H,5-8H2,1-4H3. The fraction of sp³-hybridized carbons (Fsp3) is 0.611. The molecule has 164 valence electrons. The van der Waals surface area contributed by atoms with Gasteiger partial charge < -0.3 is 9.64 Å². The third-order valence-corrected chi connectivity index (χ3v) is 6.25. The lowest BCUT2D eigenvalue weighted by atomic mass is 10.0. The van der Waals surface area contributed by atoms with Gasteiger partial charge in [0, 0.05) is 31.1 Å². The minimum atomic E-state index is -5.72. The van der Waals surface area contributed by atoms with Crippen LogP contribution >= 0.6 is 11.9 Å². The van der Waals surface area contributed by atoms with Gasteiger partial charge in [-0.2, -0.15) is 26.3 Å². The Morgan fingerprint density at radius 3 is 1.79 bits per heavy atom. The molecule has 0 radical (unpaired) electrons. The van der Waals surface area contributed by atoms with Crippen LogP contribution in [0, 0.1) is 27.7 Å². The largest absolute Gasteiger partial charge is 0.434 e. The molecule has 1 aliphatic heterocycles. The maximum Gasteiger partial charge on any atom is 0.434 e. The third kappa shape index (κ3) is 5.71. The molecule has 11 heteroatoms. The summed E-state index contributed by atoms with van der Waals surface area (Å²) in [6.07, 6.45) is -17.2. The van der Waals surface area contributed by atoms with Crippen LogP contribution in [0.3, 0.4) is 0 Å². The Bertz CT molecular complexity index is 718. The third-order valence-electron chi connectivity index (χ3n) is 4.83. The molecule has 2 rings (SSSR count). The van der Waals surface area contributed by atoms with E-state index in [2.05, 4.69) is 10.8 Å². The topological polar surface area (TPSA) is 32.8 Å². The number of aryl methyl sites for hydroxylation is 2. The van der Waals surface area contributed by atoms with Gasteiger partial charge in [-0.05, 0) is 61.9 Å². The summed E-state index contributed by atoms with van der Waals surface area (Å²) in [5.74, 6) is 0. The second-order valence-electron chi connectivity index (χ2n) is 6.94. The quantitative estimate of drug-likeness (QED) is 0.476. The molecule has 0 N–H and O–H groups in total. The van der Waals surface area contributed by atoms with Crippen molar-refractivity contribution < 1.29 is 35.9 Å². The molecule has 0 aliphatic carbocycles. The Kier molecular flexibility index (Phi) is 7.04. The van der Waals surface area contributed by atoms with Crippen molar-refractivity contribution >= 4 is 18.0 Å². The summed E-state index contributed by atoms with van der Waals surface area (Å²) in [5.41, 5.74) is 4.47. The van der Waals surface area contributed by atoms with Gasteiger partial charge in [-0.15, -0.1) is 0 Å². The number of ether oxygens (including phenoxy) is 1. The van der Waals surface area contributed by atoms with Gasteiger partial charge >= 0.3 is 18.4 Å². The Morgan fingerprint density at radius 2 is 1.38 bits per heavy atom. The summed E-state index contributed by atoms with van der Waals surface area (Å²) in [6.45, 7) is 8.49. The first-order valence-corrected chi connectivity index (χ1v) is 9.58. The van der Waals surface area contributed by atoms with E-state index in [1.54, 1.807) is 0 Å². The molecule has 1 aromatic rings. The molecule has 0 bridgehead atoms. The molecule has 1 saturated heterocycles. The zero-order valence-electron chi connectivity index (χ0n) is 16.4. The van der Waals surface area contributed by atoms with Gasteiger partial charge in [0.2, 0.25) is 0 Å². The highest BCUT2D eigenvalue weighted by Crippen LogP contribution is 2.37. The van der Waals surface area contributed by atoms with Gasteiger partial charge in [-0.3, -0.25) is 0 Å². The molecule has 0 saturated carbocycles. The van der Waals surface area contributed by atoms with E-state index < -0.39 is 24.5 Å². The Balaban J connectivity index is 2.00. The Morgan fingerprint density at radius 1 is 0.931 bits per heavy atom. The maximum absolute atomic E-state index is 12.6. The fourth-order valence-corrected chi connectivity index (χ4v) is 4.10. The molecule has 1 aromatic carbocycles. The smallest absolute Gasteiger partial charge is 0.426 e. The SMILES string of the molecule is Cc1cc(C)c(C)c(SN2CCN(C(=O)OC(C(F)(F)F)C(F)(F)F)CC2)c1C. The van der Waals surface area contributed by atoms with Gasteiger partial charge in [0.25, 0.3) is 6.10 Å². The van der Waals surface area contributed by atoms with Gasteiger partial charge in [0.15, 0.2) is 0 Å². The highest BCUT2D eigenvalue weighted by atomic mass is 32.2. The lowest BCUT2D eigenvalue weighted by Gasteiger charge is -2.35. The van der Waals surface area contributed by atoms with Crippen LogP contribution in [0.5, 0.6) is 0 Å². The number of amides is 1. The number of halogens is 6. The van der Waals surface area contributed by atoms with Crippen LogP contribution in [0.2, 0.25) is 0 Å². The summed E-state index contributed by atoms with van der Waals surface area (Å²) in [4.78, 5) is 13.8. The van der Waals surface area contributed by atoms with E-state index in [0.717, 1.165) is 32.0 Å². The van der Waals surface area contributed by atoms with Crippen molar-refractivity contribution in [2.45, 2.75) is 51.0 Å². The van der Waals surface area contributed by atoms with E-state index in [1.165, 1.54) is 11.9 Å². The van der Waals surface area contributed by atoms with Crippen molar-refractivity contribution in [1.82, 2.24) is 9.21 Å². The number of carbonyl (C=O) groups excluding carboxylic acids is 1. The normalized spacial score (nSPS) is 16.4. The molecular formula is C18H22F6N2O2S. The lowest BCUT2D eigenvalue weighted by Crippen LogP contribution is -2.51. The number of nitrogens with zero attached hydrogens (tertiary/aromatic N) is 2. The Labute approximate surface area is 169 Å². The number of hydrogen-bond acceptors (Lipinski definition) is 4. The van der Waals surface area contributed by atoms with Crippen LogP contribution in [-0.4, -0.2) is 59.9 Å². The summed E-state index contributed by atoms with van der Waals surface area (Å²) in [5, 5.41) is 0. The van der Waals surface area contributed by atoms with E-state index in [-0.39, 0.29) is 26.2 Å². The maximum atomic E-state index is 12.6. The molecule has 0 spiro atoms. The fourth-order valence-electron chi connectivity index (χ4n) is 2.90. The second-order valence-corrected chi connectivity index (χ2v) is 8.05. The average molecular weight is 444 g/mol. The van der Waals surface area contributed by atoms with Gasteiger partial charge in [-0.25, -0.2) is 9.10 Å². The first-order chi connectivity index (χ1) is 13.2. The van der Waals surface area contributed by atoms with Crippen molar-refractivity contribution in [3.05, 3.63) is 28.3 Å². The predicted molar refractivity (Wildman–Crippen MR) is 96.8 cm³/mol. The zero-order chi connectivity index (χ0) is 22.1. The van der Waals surface area contributed by atoms with Crippen LogP contribution in [0.4, 0.5) is 31.1 Å². The molecule has 0 atom stereocenters. The first-order valence-electron chi connectivity index (χ1n) is 8.81. The summed E-state index contributed by atoms with van der Waals surface area (Å²) in [7, 11) is 0. The van der Waals surface area contributed by atoms with Crippen molar-refractivity contribution in [1.29, 1.82) is 0 Å². The molecule has 4 nitrogen and oxygen atoms in total. The minimum absolute atomic E-state index is 0.0306. The molecule has 1 heterocycles. The van der Waals surface area contributed by atoms with Crippen LogP contribution < -0.4 is 0 Å². The lowest BCUT2D eigenvalue weighted by molar-refractivity contribution is -0.308. The highest BCUT2D eigenvalue weighted by Gasteiger charge is 2.60. The summed E-state index contributed by atoms with van der Waals surface area (Å²) < 4.78 is 81.1. The van der Waals surface area contributed by atoms with Crippen LogP contribution in [-0.2, 0) is 4.74 Å². The van der Waals surface area contributed by atoms with Crippen molar-refractivity contribution in [2.24, 2.45) is 0 Å². The van der Waals surface area contributed by atoms with E-state index >= 15 is 0 Å². The van der Waals surface area contributed by atoms with Gasteiger partial charge in [-0.1, -0.05) is 6.07 Å². The second kappa shape index (κ2) is 8.63. The Hall–Kier alpha value is -1.62. The van der Waals surface area contributed by atoms with E-state index in [1.807, 2.05) is 32.0 Å². The highest BCUT2D eigenvalue weighted by molar-refractivity contribution is 7.97. The number of rotatable bonds is 3. The molecule has 1 aliphatic rings. The molecule has 0 aromatic heterocycles. The van der Waals surface area contributed by atoms with Gasteiger partial charge in [0.05, 0.1) is 0 Å². The minimum Gasteiger partial charge on any atom is -0.426 e.